The van der Waals surface area contributed by atoms with Gasteiger partial charge >= 0.3 is 0 Å². The number of hydrogen-bond acceptors (Lipinski definition) is 3. The number of nitrogens with zero attached hydrogens (tertiary/aromatic N) is 1. The molecule has 3 aromatic rings. The number of rotatable bonds is 5. The van der Waals surface area contributed by atoms with E-state index in [2.05, 4.69) is 15.3 Å². The summed E-state index contributed by atoms with van der Waals surface area (Å²) >= 11 is 6.37. The Bertz CT molecular complexity index is 1060. The van der Waals surface area contributed by atoms with Crippen molar-refractivity contribution in [3.63, 3.8) is 0 Å². The molecule has 0 bridgehead atoms. The van der Waals surface area contributed by atoms with Crippen molar-refractivity contribution >= 4 is 17.5 Å². The molecule has 1 amide bonds. The first kappa shape index (κ1) is 19.8. The van der Waals surface area contributed by atoms with E-state index in [0.717, 1.165) is 16.7 Å². The number of carbonyl (C=O) groups excluding carboxylic acids is 1. The predicted molar refractivity (Wildman–Crippen MR) is 112 cm³/mol. The highest BCUT2D eigenvalue weighted by Crippen LogP contribution is 2.27. The van der Waals surface area contributed by atoms with Crippen LogP contribution in [0.25, 0.3) is 22.6 Å². The van der Waals surface area contributed by atoms with Gasteiger partial charge in [-0.2, -0.15) is 0 Å². The lowest BCUT2D eigenvalue weighted by Gasteiger charge is -2.11. The molecule has 6 heteroatoms. The van der Waals surface area contributed by atoms with Crippen molar-refractivity contribution in [2.24, 2.45) is 5.92 Å². The van der Waals surface area contributed by atoms with Gasteiger partial charge < -0.3 is 10.3 Å². The maximum atomic E-state index is 12.2. The molecule has 1 aromatic heterocycles. The molecule has 28 heavy (non-hydrogen) atoms. The Morgan fingerprint density at radius 3 is 2.54 bits per heavy atom. The molecular formula is C22H22ClN3O2. The van der Waals surface area contributed by atoms with E-state index >= 15 is 0 Å². The van der Waals surface area contributed by atoms with Crippen LogP contribution in [-0.2, 0) is 11.3 Å². The standard InChI is InChI=1S/C22H22ClN3O2/c1-13(2)22(28)24-12-15-6-9-18(23)17(10-15)21-25-19(11-20(27)26-21)16-7-4-14(3)5-8-16/h4-11,13H,12H2,1-3H3,(H,24,28)(H,25,26,27). The zero-order chi connectivity index (χ0) is 20.3. The summed E-state index contributed by atoms with van der Waals surface area (Å²) in [5.74, 6) is 0.283. The first-order valence-electron chi connectivity index (χ1n) is 9.08. The van der Waals surface area contributed by atoms with Gasteiger partial charge in [0.2, 0.25) is 5.91 Å². The largest absolute Gasteiger partial charge is 0.352 e. The van der Waals surface area contributed by atoms with Crippen LogP contribution in [0.3, 0.4) is 0 Å². The highest BCUT2D eigenvalue weighted by molar-refractivity contribution is 6.33. The van der Waals surface area contributed by atoms with Crippen LogP contribution >= 0.6 is 11.6 Å². The third kappa shape index (κ3) is 4.67. The second kappa shape index (κ2) is 8.40. The Balaban J connectivity index is 1.96. The molecule has 0 radical (unpaired) electrons. The molecule has 5 nitrogen and oxygen atoms in total. The monoisotopic (exact) mass is 395 g/mol. The number of halogens is 1. The highest BCUT2D eigenvalue weighted by Gasteiger charge is 2.12. The van der Waals surface area contributed by atoms with Crippen molar-refractivity contribution in [1.29, 1.82) is 0 Å². The summed E-state index contributed by atoms with van der Waals surface area (Å²) in [5.41, 5.74) is 3.80. The molecule has 144 valence electrons. The molecule has 0 saturated heterocycles. The predicted octanol–water partition coefficient (Wildman–Crippen LogP) is 4.34. The minimum atomic E-state index is -0.254. The normalized spacial score (nSPS) is 10.9. The van der Waals surface area contributed by atoms with Crippen molar-refractivity contribution in [3.05, 3.63) is 75.0 Å². The second-order valence-corrected chi connectivity index (χ2v) is 7.44. The van der Waals surface area contributed by atoms with Gasteiger partial charge in [0.25, 0.3) is 5.56 Å². The van der Waals surface area contributed by atoms with Gasteiger partial charge in [-0.15, -0.1) is 0 Å². The summed E-state index contributed by atoms with van der Waals surface area (Å²) < 4.78 is 0. The average Bonchev–Trinajstić information content (AvgIpc) is 2.67. The number of aromatic nitrogens is 2. The third-order valence-corrected chi connectivity index (χ3v) is 4.70. The van der Waals surface area contributed by atoms with Gasteiger partial charge in [0.1, 0.15) is 5.82 Å². The Morgan fingerprint density at radius 2 is 1.86 bits per heavy atom. The molecule has 0 saturated carbocycles. The molecular weight excluding hydrogens is 374 g/mol. The van der Waals surface area contributed by atoms with E-state index in [-0.39, 0.29) is 17.4 Å². The first-order valence-corrected chi connectivity index (χ1v) is 9.46. The zero-order valence-corrected chi connectivity index (χ0v) is 16.8. The minimum Gasteiger partial charge on any atom is -0.352 e. The molecule has 0 unspecified atom stereocenters. The number of H-pyrrole nitrogens is 1. The summed E-state index contributed by atoms with van der Waals surface area (Å²) in [5, 5.41) is 3.35. The van der Waals surface area contributed by atoms with Gasteiger partial charge in [0.15, 0.2) is 0 Å². The van der Waals surface area contributed by atoms with E-state index in [1.807, 2.05) is 57.2 Å². The smallest absolute Gasteiger partial charge is 0.251 e. The van der Waals surface area contributed by atoms with Gasteiger partial charge in [-0.25, -0.2) is 4.98 Å². The summed E-state index contributed by atoms with van der Waals surface area (Å²) in [6.45, 7) is 6.06. The van der Waals surface area contributed by atoms with Crippen LogP contribution in [0.4, 0.5) is 0 Å². The van der Waals surface area contributed by atoms with E-state index in [9.17, 15) is 9.59 Å². The van der Waals surface area contributed by atoms with Gasteiger partial charge in [0, 0.05) is 29.7 Å². The number of benzene rings is 2. The molecule has 0 fully saturated rings. The number of hydrogen-bond donors (Lipinski definition) is 2. The summed E-state index contributed by atoms with van der Waals surface area (Å²) in [7, 11) is 0. The highest BCUT2D eigenvalue weighted by atomic mass is 35.5. The molecule has 1 heterocycles. The van der Waals surface area contributed by atoms with Crippen molar-refractivity contribution in [3.8, 4) is 22.6 Å². The SMILES string of the molecule is Cc1ccc(-c2cc(=O)[nH]c(-c3cc(CNC(=O)C(C)C)ccc3Cl)n2)cc1. The van der Waals surface area contributed by atoms with Crippen molar-refractivity contribution in [2.75, 3.05) is 0 Å². The van der Waals surface area contributed by atoms with E-state index in [1.165, 1.54) is 6.07 Å². The lowest BCUT2D eigenvalue weighted by Crippen LogP contribution is -2.27. The molecule has 0 aliphatic carbocycles. The number of amides is 1. The Morgan fingerprint density at radius 1 is 1.14 bits per heavy atom. The fraction of sp³-hybridized carbons (Fsp3) is 0.227. The second-order valence-electron chi connectivity index (χ2n) is 7.03. The van der Waals surface area contributed by atoms with Crippen LogP contribution in [0.1, 0.15) is 25.0 Å². The Labute approximate surface area is 168 Å². The lowest BCUT2D eigenvalue weighted by atomic mass is 10.1. The zero-order valence-electron chi connectivity index (χ0n) is 16.0. The number of aromatic amines is 1. The molecule has 2 aromatic carbocycles. The quantitative estimate of drug-likeness (QED) is 0.674. The minimum absolute atomic E-state index is 0.0237. The summed E-state index contributed by atoms with van der Waals surface area (Å²) in [6, 6.07) is 14.7. The van der Waals surface area contributed by atoms with Crippen LogP contribution in [0, 0.1) is 12.8 Å². The maximum Gasteiger partial charge on any atom is 0.251 e. The van der Waals surface area contributed by atoms with Crippen molar-refractivity contribution in [1.82, 2.24) is 15.3 Å². The Hall–Kier alpha value is -2.92. The lowest BCUT2D eigenvalue weighted by molar-refractivity contribution is -0.124. The van der Waals surface area contributed by atoms with Crippen LogP contribution in [0.2, 0.25) is 5.02 Å². The van der Waals surface area contributed by atoms with Crippen LogP contribution in [0.15, 0.2) is 53.3 Å². The number of carbonyl (C=O) groups is 1. The molecule has 3 rings (SSSR count). The molecule has 0 aliphatic heterocycles. The summed E-state index contributed by atoms with van der Waals surface area (Å²) in [4.78, 5) is 31.4. The molecule has 2 N–H and O–H groups in total. The van der Waals surface area contributed by atoms with E-state index in [1.54, 1.807) is 6.07 Å². The van der Waals surface area contributed by atoms with Gasteiger partial charge in [-0.3, -0.25) is 9.59 Å². The van der Waals surface area contributed by atoms with Gasteiger partial charge in [0.05, 0.1) is 10.7 Å². The number of aryl methyl sites for hydroxylation is 1. The molecule has 0 spiro atoms. The summed E-state index contributed by atoms with van der Waals surface area (Å²) in [6.07, 6.45) is 0. The topological polar surface area (TPSA) is 74.8 Å². The molecule has 0 aliphatic rings. The van der Waals surface area contributed by atoms with Crippen LogP contribution in [0.5, 0.6) is 0 Å². The average molecular weight is 396 g/mol. The third-order valence-electron chi connectivity index (χ3n) is 4.37. The van der Waals surface area contributed by atoms with E-state index < -0.39 is 0 Å². The van der Waals surface area contributed by atoms with Crippen LogP contribution in [-0.4, -0.2) is 15.9 Å². The van der Waals surface area contributed by atoms with E-state index in [4.69, 9.17) is 11.6 Å². The maximum absolute atomic E-state index is 12.2. The van der Waals surface area contributed by atoms with Crippen molar-refractivity contribution in [2.45, 2.75) is 27.3 Å². The van der Waals surface area contributed by atoms with Crippen molar-refractivity contribution < 1.29 is 4.79 Å². The molecule has 0 atom stereocenters. The van der Waals surface area contributed by atoms with Gasteiger partial charge in [-0.1, -0.05) is 61.3 Å². The Kier molecular flexibility index (Phi) is 5.95. The van der Waals surface area contributed by atoms with Crippen LogP contribution < -0.4 is 10.9 Å². The fourth-order valence-electron chi connectivity index (χ4n) is 2.71. The fourth-order valence-corrected chi connectivity index (χ4v) is 2.92. The number of nitrogens with one attached hydrogen (secondary N) is 2. The van der Waals surface area contributed by atoms with E-state index in [0.29, 0.717) is 28.6 Å². The first-order chi connectivity index (χ1) is 13.3. The van der Waals surface area contributed by atoms with Gasteiger partial charge in [-0.05, 0) is 24.6 Å².